The molecule has 1 aromatic heterocycles. The number of rotatable bonds is 6. The largest absolute Gasteiger partial charge is 0.451 e. The van der Waals surface area contributed by atoms with Crippen LogP contribution in [0.3, 0.4) is 0 Å². The predicted molar refractivity (Wildman–Crippen MR) is 121 cm³/mol. The van der Waals surface area contributed by atoms with Crippen LogP contribution in [0.4, 0.5) is 4.79 Å². The smallest absolute Gasteiger partial charge is 0.370 e. The Bertz CT molecular complexity index is 963. The van der Waals surface area contributed by atoms with Gasteiger partial charge in [0.1, 0.15) is 17.3 Å². The highest BCUT2D eigenvalue weighted by atomic mass is 32.2. The monoisotopic (exact) mass is 427 g/mol. The maximum atomic E-state index is 11.8. The van der Waals surface area contributed by atoms with E-state index in [0.717, 1.165) is 23.0 Å². The van der Waals surface area contributed by atoms with Crippen molar-refractivity contribution in [2.24, 2.45) is 7.05 Å². The molecule has 1 aromatic carbocycles. The maximum absolute atomic E-state index is 11.8. The molecule has 1 heterocycles. The van der Waals surface area contributed by atoms with E-state index >= 15 is 0 Å². The molecule has 160 valence electrons. The minimum absolute atomic E-state index is 0.00713. The third-order valence-corrected chi connectivity index (χ3v) is 5.04. The molecule has 0 radical (unpaired) electrons. The van der Waals surface area contributed by atoms with Gasteiger partial charge in [-0.1, -0.05) is 52.0 Å². The van der Waals surface area contributed by atoms with Crippen molar-refractivity contribution in [3.63, 3.8) is 0 Å². The first-order chi connectivity index (χ1) is 14.1. The Hall–Kier alpha value is -2.72. The van der Waals surface area contributed by atoms with Crippen LogP contribution in [0.5, 0.6) is 0 Å². The van der Waals surface area contributed by atoms with Gasteiger partial charge in [0, 0.05) is 19.7 Å². The maximum Gasteiger partial charge on any atom is 0.370 e. The first kappa shape index (κ1) is 23.6. The highest BCUT2D eigenvalue weighted by Crippen LogP contribution is 2.31. The quantitative estimate of drug-likeness (QED) is 0.256. The van der Waals surface area contributed by atoms with Crippen LogP contribution in [0.25, 0.3) is 11.3 Å². The summed E-state index contributed by atoms with van der Waals surface area (Å²) < 4.78 is 13.0. The second kappa shape index (κ2) is 9.86. The van der Waals surface area contributed by atoms with Gasteiger partial charge in [-0.05, 0) is 41.3 Å². The molecule has 0 spiro atoms. The summed E-state index contributed by atoms with van der Waals surface area (Å²) in [6.07, 6.45) is -0.862. The molecular weight excluding hydrogens is 398 g/mol. The Morgan fingerprint density at radius 3 is 2.37 bits per heavy atom. The van der Waals surface area contributed by atoms with Crippen molar-refractivity contribution in [2.75, 3.05) is 5.75 Å². The summed E-state index contributed by atoms with van der Waals surface area (Å²) >= 11 is 1.06. The normalized spacial score (nSPS) is 13.3. The van der Waals surface area contributed by atoms with Gasteiger partial charge < -0.3 is 9.47 Å². The van der Waals surface area contributed by atoms with Gasteiger partial charge in [-0.3, -0.25) is 4.68 Å². The van der Waals surface area contributed by atoms with Gasteiger partial charge in [-0.25, -0.2) is 4.79 Å². The summed E-state index contributed by atoms with van der Waals surface area (Å²) in [6, 6.07) is 12.0. The first-order valence-corrected chi connectivity index (χ1v) is 10.8. The number of carbonyl (C=O) groups excluding carboxylic acids is 1. The molecule has 0 fully saturated rings. The van der Waals surface area contributed by atoms with Gasteiger partial charge >= 0.3 is 5.30 Å². The van der Waals surface area contributed by atoms with Crippen LogP contribution >= 0.6 is 11.8 Å². The molecule has 7 heteroatoms. The van der Waals surface area contributed by atoms with Crippen LogP contribution in [0.1, 0.15) is 57.1 Å². The second-order valence-corrected chi connectivity index (χ2v) is 9.12. The topological polar surface area (TPSA) is 77.1 Å². The molecule has 30 heavy (non-hydrogen) atoms. The van der Waals surface area contributed by atoms with Crippen molar-refractivity contribution in [1.82, 2.24) is 9.78 Å². The van der Waals surface area contributed by atoms with Crippen LogP contribution < -0.4 is 0 Å². The van der Waals surface area contributed by atoms with E-state index in [1.54, 1.807) is 18.7 Å². The average molecular weight is 428 g/mol. The number of ether oxygens (including phenoxy) is 2. The molecule has 6 nitrogen and oxygen atoms in total. The number of aryl methyl sites for hydroxylation is 2. The summed E-state index contributed by atoms with van der Waals surface area (Å²) in [5.41, 5.74) is 3.68. The van der Waals surface area contributed by atoms with Crippen molar-refractivity contribution < 1.29 is 14.3 Å². The first-order valence-electron chi connectivity index (χ1n) is 9.83. The number of hydrogen-bond acceptors (Lipinski definition) is 6. The highest BCUT2D eigenvalue weighted by Gasteiger charge is 2.22. The van der Waals surface area contributed by atoms with Crippen molar-refractivity contribution in [3.8, 4) is 6.07 Å². The van der Waals surface area contributed by atoms with Gasteiger partial charge in [-0.15, -0.1) is 0 Å². The number of aromatic nitrogens is 2. The van der Waals surface area contributed by atoms with E-state index in [2.05, 4.69) is 31.9 Å². The van der Waals surface area contributed by atoms with Gasteiger partial charge in [0.2, 0.25) is 6.29 Å². The summed E-state index contributed by atoms with van der Waals surface area (Å²) in [7, 11) is 1.78. The van der Waals surface area contributed by atoms with Crippen LogP contribution in [-0.4, -0.2) is 27.1 Å². The lowest BCUT2D eigenvalue weighted by Gasteiger charge is -2.20. The minimum Gasteiger partial charge on any atom is -0.451 e. The fourth-order valence-electron chi connectivity index (χ4n) is 2.93. The average Bonchev–Trinajstić information content (AvgIpc) is 2.99. The Morgan fingerprint density at radius 1 is 1.27 bits per heavy atom. The predicted octanol–water partition coefficient (Wildman–Crippen LogP) is 5.67. The van der Waals surface area contributed by atoms with E-state index in [9.17, 15) is 10.1 Å². The number of carbonyl (C=O) groups is 1. The SMILES string of the molecule is CCSC(=O)OC(C)O/C(=C(/C#N)c1ccc(C(C)(C)C)cc1)c1cc(C)nn1C. The van der Waals surface area contributed by atoms with E-state index in [0.29, 0.717) is 22.8 Å². The van der Waals surface area contributed by atoms with E-state index < -0.39 is 11.6 Å². The van der Waals surface area contributed by atoms with Gasteiger partial charge in [-0.2, -0.15) is 10.4 Å². The molecular formula is C23H29N3O3S. The summed E-state index contributed by atoms with van der Waals surface area (Å²) in [4.78, 5) is 11.8. The van der Waals surface area contributed by atoms with Crippen molar-refractivity contribution in [3.05, 3.63) is 52.8 Å². The van der Waals surface area contributed by atoms with Crippen molar-refractivity contribution in [2.45, 2.75) is 53.2 Å². The van der Waals surface area contributed by atoms with Crippen LogP contribution in [0, 0.1) is 18.3 Å². The minimum atomic E-state index is -0.862. The Balaban J connectivity index is 2.52. The molecule has 0 aliphatic heterocycles. The summed E-state index contributed by atoms with van der Waals surface area (Å²) in [5, 5.41) is 13.9. The summed E-state index contributed by atoms with van der Waals surface area (Å²) in [6.45, 7) is 11.8. The van der Waals surface area contributed by atoms with Gasteiger partial charge in [0.05, 0.1) is 5.69 Å². The zero-order valence-corrected chi connectivity index (χ0v) is 19.5. The fraction of sp³-hybridized carbons (Fsp3) is 0.435. The molecule has 0 saturated heterocycles. The molecule has 2 rings (SSSR count). The highest BCUT2D eigenvalue weighted by molar-refractivity contribution is 8.13. The van der Waals surface area contributed by atoms with E-state index in [4.69, 9.17) is 9.47 Å². The molecule has 0 bridgehead atoms. The molecule has 0 amide bonds. The second-order valence-electron chi connectivity index (χ2n) is 7.92. The van der Waals surface area contributed by atoms with Gasteiger partial charge in [0.25, 0.3) is 0 Å². The Labute approximate surface area is 182 Å². The molecule has 0 aliphatic rings. The molecule has 0 saturated carbocycles. The van der Waals surface area contributed by atoms with Crippen molar-refractivity contribution >= 4 is 28.4 Å². The Kier molecular flexibility index (Phi) is 7.74. The fourth-order valence-corrected chi connectivity index (χ4v) is 3.37. The zero-order valence-electron chi connectivity index (χ0n) is 18.6. The van der Waals surface area contributed by atoms with Gasteiger partial charge in [0.15, 0.2) is 5.76 Å². The van der Waals surface area contributed by atoms with E-state index in [1.165, 1.54) is 5.56 Å². The lowest BCUT2D eigenvalue weighted by molar-refractivity contribution is -0.0254. The van der Waals surface area contributed by atoms with Crippen LogP contribution in [0.15, 0.2) is 30.3 Å². The van der Waals surface area contributed by atoms with Crippen LogP contribution in [-0.2, 0) is 21.9 Å². The van der Waals surface area contributed by atoms with Crippen LogP contribution in [0.2, 0.25) is 0 Å². The zero-order chi connectivity index (χ0) is 22.5. The lowest BCUT2D eigenvalue weighted by atomic mass is 9.86. The summed E-state index contributed by atoms with van der Waals surface area (Å²) in [5.74, 6) is 0.935. The molecule has 0 aliphatic carbocycles. The lowest BCUT2D eigenvalue weighted by Crippen LogP contribution is -2.17. The number of nitriles is 1. The number of nitrogens with zero attached hydrogens (tertiary/aromatic N) is 3. The standard InChI is InChI=1S/C23H29N3O3S/c1-8-30-22(27)29-16(3)28-21(20-13-15(2)25-26(20)7)19(14-24)17-9-11-18(12-10-17)23(4,5)6/h9-13,16H,8H2,1-7H3/b21-19-. The molecule has 0 N–H and O–H groups in total. The third-order valence-electron chi connectivity index (χ3n) is 4.42. The molecule has 1 unspecified atom stereocenters. The third kappa shape index (κ3) is 5.90. The van der Waals surface area contributed by atoms with Crippen molar-refractivity contribution in [1.29, 1.82) is 5.26 Å². The number of benzene rings is 1. The Morgan fingerprint density at radius 2 is 1.90 bits per heavy atom. The molecule has 1 atom stereocenters. The van der Waals surface area contributed by atoms with E-state index in [-0.39, 0.29) is 5.41 Å². The number of allylic oxidation sites excluding steroid dienone is 1. The number of thioether (sulfide) groups is 1. The van der Waals surface area contributed by atoms with E-state index in [1.807, 2.05) is 44.2 Å². The number of hydrogen-bond donors (Lipinski definition) is 0. The molecule has 2 aromatic rings.